The van der Waals surface area contributed by atoms with Crippen LogP contribution in [-0.2, 0) is 23.0 Å². The Hall–Kier alpha value is -2.61. The zero-order valence-corrected chi connectivity index (χ0v) is 16.1. The number of benzene rings is 1. The maximum atomic E-state index is 11.6. The van der Waals surface area contributed by atoms with Gasteiger partial charge in [-0.15, -0.1) is 0 Å². The molecule has 0 radical (unpaired) electrons. The van der Waals surface area contributed by atoms with E-state index in [0.29, 0.717) is 25.5 Å². The van der Waals surface area contributed by atoms with E-state index < -0.39 is 9.84 Å². The van der Waals surface area contributed by atoms with Crippen LogP contribution in [0.5, 0.6) is 5.75 Å². The van der Waals surface area contributed by atoms with Gasteiger partial charge in [-0.2, -0.15) is 0 Å². The maximum absolute atomic E-state index is 11.6. The molecule has 3 rings (SSSR count). The topological polar surface area (TPSA) is 92.7 Å². The summed E-state index contributed by atoms with van der Waals surface area (Å²) in [5.41, 5.74) is 1.91. The number of nitrogens with one attached hydrogen (secondary N) is 2. The highest BCUT2D eigenvalue weighted by molar-refractivity contribution is 7.91. The number of guanidine groups is 1. The van der Waals surface area contributed by atoms with Gasteiger partial charge in [-0.1, -0.05) is 18.2 Å². The van der Waals surface area contributed by atoms with Crippen molar-refractivity contribution in [1.29, 1.82) is 0 Å². The van der Waals surface area contributed by atoms with Crippen molar-refractivity contribution < 1.29 is 13.2 Å². The summed E-state index contributed by atoms with van der Waals surface area (Å²) in [6.07, 6.45) is 2.35. The van der Waals surface area contributed by atoms with Gasteiger partial charge >= 0.3 is 0 Å². The molecule has 2 N–H and O–H groups in total. The Bertz CT molecular complexity index is 885. The zero-order chi connectivity index (χ0) is 19.1. The summed E-state index contributed by atoms with van der Waals surface area (Å²) in [6, 6.07) is 13.4. The molecule has 2 aromatic rings. The Morgan fingerprint density at radius 1 is 1.30 bits per heavy atom. The molecule has 1 saturated heterocycles. The first-order valence-electron chi connectivity index (χ1n) is 8.83. The third-order valence-electron chi connectivity index (χ3n) is 4.27. The summed E-state index contributed by atoms with van der Waals surface area (Å²) in [4.78, 5) is 8.41. The number of sulfone groups is 1. The standard InChI is InChI=1S/C19H24N4O3S/c1-20-19(23-17-8-10-27(24,25)14-17)22-12-15-5-4-7-18(11-15)26-13-16-6-2-3-9-21-16/h2-7,9,11,17H,8,10,12-14H2,1H3,(H2,20,22,23). The monoisotopic (exact) mass is 388 g/mol. The minimum absolute atomic E-state index is 0.0887. The van der Waals surface area contributed by atoms with Crippen molar-refractivity contribution in [2.75, 3.05) is 18.6 Å². The third-order valence-corrected chi connectivity index (χ3v) is 6.04. The van der Waals surface area contributed by atoms with Gasteiger partial charge < -0.3 is 15.4 Å². The number of aliphatic imine (C=N–C) groups is 1. The van der Waals surface area contributed by atoms with Gasteiger partial charge in [-0.05, 0) is 36.2 Å². The lowest BCUT2D eigenvalue weighted by molar-refractivity contribution is 0.301. The Balaban J connectivity index is 1.51. The normalized spacial score (nSPS) is 18.9. The molecular weight excluding hydrogens is 364 g/mol. The quantitative estimate of drug-likeness (QED) is 0.576. The minimum Gasteiger partial charge on any atom is -0.487 e. The van der Waals surface area contributed by atoms with Gasteiger partial charge in [0.1, 0.15) is 12.4 Å². The van der Waals surface area contributed by atoms with Crippen LogP contribution in [0.3, 0.4) is 0 Å². The third kappa shape index (κ3) is 5.96. The van der Waals surface area contributed by atoms with Crippen molar-refractivity contribution in [2.45, 2.75) is 25.6 Å². The molecule has 0 spiro atoms. The van der Waals surface area contributed by atoms with Gasteiger partial charge in [0.15, 0.2) is 15.8 Å². The lowest BCUT2D eigenvalue weighted by Gasteiger charge is -2.16. The highest BCUT2D eigenvalue weighted by atomic mass is 32.2. The first-order chi connectivity index (χ1) is 13.0. The molecule has 144 valence electrons. The van der Waals surface area contributed by atoms with Crippen LogP contribution in [0.1, 0.15) is 17.7 Å². The molecule has 7 nitrogen and oxygen atoms in total. The van der Waals surface area contributed by atoms with Crippen LogP contribution in [0.15, 0.2) is 53.7 Å². The number of hydrogen-bond donors (Lipinski definition) is 2. The lowest BCUT2D eigenvalue weighted by atomic mass is 10.2. The summed E-state index contributed by atoms with van der Waals surface area (Å²) >= 11 is 0. The molecule has 1 aromatic heterocycles. The van der Waals surface area contributed by atoms with Crippen LogP contribution in [0, 0.1) is 0 Å². The van der Waals surface area contributed by atoms with E-state index in [9.17, 15) is 8.42 Å². The molecular formula is C19H24N4O3S. The van der Waals surface area contributed by atoms with Gasteiger partial charge in [-0.3, -0.25) is 9.98 Å². The van der Waals surface area contributed by atoms with Crippen molar-refractivity contribution in [3.05, 3.63) is 59.9 Å². The fraction of sp³-hybridized carbons (Fsp3) is 0.368. The number of rotatable bonds is 6. The van der Waals surface area contributed by atoms with Gasteiger partial charge in [0.2, 0.25) is 0 Å². The molecule has 0 bridgehead atoms. The molecule has 27 heavy (non-hydrogen) atoms. The van der Waals surface area contributed by atoms with E-state index in [-0.39, 0.29) is 17.5 Å². The van der Waals surface area contributed by atoms with Crippen LogP contribution in [0.2, 0.25) is 0 Å². The number of hydrogen-bond acceptors (Lipinski definition) is 5. The molecule has 1 unspecified atom stereocenters. The summed E-state index contributed by atoms with van der Waals surface area (Å²) in [5.74, 6) is 1.75. The molecule has 1 atom stereocenters. The molecule has 1 aliphatic rings. The molecule has 0 amide bonds. The van der Waals surface area contributed by atoms with Crippen molar-refractivity contribution in [2.24, 2.45) is 4.99 Å². The smallest absolute Gasteiger partial charge is 0.191 e. The van der Waals surface area contributed by atoms with Crippen LogP contribution < -0.4 is 15.4 Å². The van der Waals surface area contributed by atoms with Crippen molar-refractivity contribution in [1.82, 2.24) is 15.6 Å². The van der Waals surface area contributed by atoms with E-state index >= 15 is 0 Å². The Kier molecular flexibility index (Phi) is 6.28. The van der Waals surface area contributed by atoms with E-state index in [2.05, 4.69) is 20.6 Å². The molecule has 8 heteroatoms. The Morgan fingerprint density at radius 3 is 2.89 bits per heavy atom. The van der Waals surface area contributed by atoms with E-state index in [1.54, 1.807) is 13.2 Å². The number of nitrogens with zero attached hydrogens (tertiary/aromatic N) is 2. The largest absolute Gasteiger partial charge is 0.487 e. The van der Waals surface area contributed by atoms with E-state index in [0.717, 1.165) is 17.0 Å². The molecule has 1 aliphatic heterocycles. The van der Waals surface area contributed by atoms with Crippen molar-refractivity contribution in [3.63, 3.8) is 0 Å². The van der Waals surface area contributed by atoms with E-state index in [4.69, 9.17) is 4.74 Å². The second kappa shape index (κ2) is 8.85. The van der Waals surface area contributed by atoms with Gasteiger partial charge in [-0.25, -0.2) is 8.42 Å². The zero-order valence-electron chi connectivity index (χ0n) is 15.3. The van der Waals surface area contributed by atoms with E-state index in [1.165, 1.54) is 0 Å². The fourth-order valence-electron chi connectivity index (χ4n) is 2.87. The lowest BCUT2D eigenvalue weighted by Crippen LogP contribution is -2.43. The maximum Gasteiger partial charge on any atom is 0.191 e. The Labute approximate surface area is 159 Å². The predicted octanol–water partition coefficient (Wildman–Crippen LogP) is 1.51. The van der Waals surface area contributed by atoms with Gasteiger partial charge in [0.05, 0.1) is 17.2 Å². The second-order valence-electron chi connectivity index (χ2n) is 6.43. The molecule has 0 saturated carbocycles. The summed E-state index contributed by atoms with van der Waals surface area (Å²) < 4.78 is 28.9. The number of ether oxygens (including phenoxy) is 1. The highest BCUT2D eigenvalue weighted by Gasteiger charge is 2.28. The first-order valence-corrected chi connectivity index (χ1v) is 10.7. The summed E-state index contributed by atoms with van der Waals surface area (Å²) in [6.45, 7) is 0.969. The van der Waals surface area contributed by atoms with Crippen molar-refractivity contribution >= 4 is 15.8 Å². The fourth-order valence-corrected chi connectivity index (χ4v) is 4.54. The summed E-state index contributed by atoms with van der Waals surface area (Å²) in [5, 5.41) is 6.39. The minimum atomic E-state index is -2.92. The first kappa shape index (κ1) is 19.2. The number of pyridine rings is 1. The van der Waals surface area contributed by atoms with Crippen LogP contribution in [0.4, 0.5) is 0 Å². The second-order valence-corrected chi connectivity index (χ2v) is 8.66. The van der Waals surface area contributed by atoms with Crippen molar-refractivity contribution in [3.8, 4) is 5.75 Å². The molecule has 1 aromatic carbocycles. The molecule has 2 heterocycles. The molecule has 1 fully saturated rings. The predicted molar refractivity (Wildman–Crippen MR) is 105 cm³/mol. The van der Waals surface area contributed by atoms with Crippen LogP contribution in [-0.4, -0.2) is 44.0 Å². The molecule has 0 aliphatic carbocycles. The Morgan fingerprint density at radius 2 is 2.19 bits per heavy atom. The summed E-state index contributed by atoms with van der Waals surface area (Å²) in [7, 11) is -1.25. The SMILES string of the molecule is CN=C(NCc1cccc(OCc2ccccn2)c1)NC1CCS(=O)(=O)C1. The van der Waals surface area contributed by atoms with E-state index in [1.807, 2.05) is 42.5 Å². The average Bonchev–Trinajstić information content (AvgIpc) is 3.03. The average molecular weight is 388 g/mol. The highest BCUT2D eigenvalue weighted by Crippen LogP contribution is 2.15. The van der Waals surface area contributed by atoms with Crippen LogP contribution in [0.25, 0.3) is 0 Å². The van der Waals surface area contributed by atoms with Gasteiger partial charge in [0.25, 0.3) is 0 Å². The van der Waals surface area contributed by atoms with Crippen LogP contribution >= 0.6 is 0 Å². The number of aromatic nitrogens is 1. The van der Waals surface area contributed by atoms with Gasteiger partial charge in [0, 0.05) is 25.8 Å².